The Hall–Kier alpha value is -0.370. The Bertz CT molecular complexity index is 80.5. The molecule has 0 fully saturated rings. The fraction of sp³-hybridized carbons (Fsp3) is 0.833. The average molecular weight is 112 g/mol. The highest BCUT2D eigenvalue weighted by Crippen LogP contribution is 1.94. The second-order valence-corrected chi connectivity index (χ2v) is 2.08. The highest BCUT2D eigenvalue weighted by atomic mass is 15.2. The van der Waals surface area contributed by atoms with Crippen LogP contribution in [0.5, 0.6) is 0 Å². The van der Waals surface area contributed by atoms with E-state index >= 15 is 0 Å². The molecule has 0 atom stereocenters. The van der Waals surface area contributed by atoms with E-state index in [1.54, 1.807) is 0 Å². The van der Waals surface area contributed by atoms with Gasteiger partial charge in [-0.25, -0.2) is 0 Å². The molecular weight excluding hydrogens is 100 g/mol. The van der Waals surface area contributed by atoms with E-state index in [9.17, 15) is 0 Å². The van der Waals surface area contributed by atoms with Crippen molar-refractivity contribution >= 4 is 6.21 Å². The smallest absolute Gasteiger partial charge is 0.0909 e. The van der Waals surface area contributed by atoms with Gasteiger partial charge in [-0.15, -0.1) is 0 Å². The van der Waals surface area contributed by atoms with Crippen LogP contribution in [0.15, 0.2) is 4.99 Å². The lowest BCUT2D eigenvalue weighted by atomic mass is 10.4. The molecule has 0 aromatic heterocycles. The largest absolute Gasteiger partial charge is 0.281 e. The van der Waals surface area contributed by atoms with E-state index < -0.39 is 0 Å². The minimum atomic E-state index is 0.924. The Balaban J connectivity index is 2.10. The molecule has 0 spiro atoms. The molecule has 0 radical (unpaired) electrons. The maximum Gasteiger partial charge on any atom is 0.0909 e. The van der Waals surface area contributed by atoms with Gasteiger partial charge in [0, 0.05) is 19.3 Å². The van der Waals surface area contributed by atoms with Gasteiger partial charge in [-0.3, -0.25) is 9.89 Å². The SMILES string of the molecule is CCCN1CC=NC1. The van der Waals surface area contributed by atoms with Crippen LogP contribution in [0.3, 0.4) is 0 Å². The summed E-state index contributed by atoms with van der Waals surface area (Å²) in [5.74, 6) is 0. The number of nitrogens with zero attached hydrogens (tertiary/aromatic N) is 2. The van der Waals surface area contributed by atoms with Crippen LogP contribution in [-0.4, -0.2) is 30.9 Å². The van der Waals surface area contributed by atoms with Crippen molar-refractivity contribution in [2.45, 2.75) is 13.3 Å². The first-order valence-electron chi connectivity index (χ1n) is 3.14. The Labute approximate surface area is 50.2 Å². The maximum atomic E-state index is 4.08. The van der Waals surface area contributed by atoms with Crippen molar-refractivity contribution < 1.29 is 0 Å². The second-order valence-electron chi connectivity index (χ2n) is 2.08. The number of hydrogen-bond acceptors (Lipinski definition) is 2. The van der Waals surface area contributed by atoms with Crippen molar-refractivity contribution in [3.8, 4) is 0 Å². The van der Waals surface area contributed by atoms with Crippen LogP contribution in [0.1, 0.15) is 13.3 Å². The molecule has 2 nitrogen and oxygen atoms in total. The Morgan fingerprint density at radius 2 is 2.62 bits per heavy atom. The lowest BCUT2D eigenvalue weighted by Gasteiger charge is -2.09. The molecule has 0 amide bonds. The highest BCUT2D eigenvalue weighted by molar-refractivity contribution is 5.61. The van der Waals surface area contributed by atoms with Crippen molar-refractivity contribution in [2.75, 3.05) is 19.8 Å². The van der Waals surface area contributed by atoms with Gasteiger partial charge in [0.2, 0.25) is 0 Å². The minimum Gasteiger partial charge on any atom is -0.281 e. The van der Waals surface area contributed by atoms with Gasteiger partial charge in [-0.1, -0.05) is 6.92 Å². The molecule has 0 aromatic carbocycles. The van der Waals surface area contributed by atoms with Gasteiger partial charge in [0.15, 0.2) is 0 Å². The summed E-state index contributed by atoms with van der Waals surface area (Å²) in [5.41, 5.74) is 0. The van der Waals surface area contributed by atoms with Gasteiger partial charge in [-0.05, 0) is 6.42 Å². The molecule has 1 rings (SSSR count). The van der Waals surface area contributed by atoms with Crippen LogP contribution in [0, 0.1) is 0 Å². The number of aliphatic imine (C=N–C) groups is 1. The Morgan fingerprint density at radius 1 is 1.75 bits per heavy atom. The highest BCUT2D eigenvalue weighted by Gasteiger charge is 2.03. The Morgan fingerprint density at radius 3 is 3.12 bits per heavy atom. The number of rotatable bonds is 2. The zero-order valence-electron chi connectivity index (χ0n) is 5.30. The zero-order chi connectivity index (χ0) is 5.82. The van der Waals surface area contributed by atoms with Crippen LogP contribution < -0.4 is 0 Å². The van der Waals surface area contributed by atoms with Crippen LogP contribution in [0.25, 0.3) is 0 Å². The summed E-state index contributed by atoms with van der Waals surface area (Å²) >= 11 is 0. The average Bonchev–Trinajstić information content (AvgIpc) is 2.19. The molecule has 8 heavy (non-hydrogen) atoms. The molecule has 0 bridgehead atoms. The summed E-state index contributed by atoms with van der Waals surface area (Å²) in [6.45, 7) is 5.38. The molecule has 0 N–H and O–H groups in total. The van der Waals surface area contributed by atoms with Gasteiger partial charge in [0.05, 0.1) is 6.67 Å². The fourth-order valence-corrected chi connectivity index (χ4v) is 0.882. The summed E-state index contributed by atoms with van der Waals surface area (Å²) < 4.78 is 0. The van der Waals surface area contributed by atoms with Crippen LogP contribution in [0.4, 0.5) is 0 Å². The third-order valence-corrected chi connectivity index (χ3v) is 1.29. The van der Waals surface area contributed by atoms with Crippen molar-refractivity contribution in [1.29, 1.82) is 0 Å². The molecule has 0 unspecified atom stereocenters. The van der Waals surface area contributed by atoms with E-state index in [2.05, 4.69) is 16.8 Å². The summed E-state index contributed by atoms with van der Waals surface area (Å²) in [6.07, 6.45) is 3.22. The van der Waals surface area contributed by atoms with Crippen LogP contribution in [-0.2, 0) is 0 Å². The summed E-state index contributed by atoms with van der Waals surface area (Å²) in [7, 11) is 0. The van der Waals surface area contributed by atoms with Gasteiger partial charge in [0.1, 0.15) is 0 Å². The van der Waals surface area contributed by atoms with E-state index in [1.807, 2.05) is 6.21 Å². The van der Waals surface area contributed by atoms with Crippen LogP contribution in [0.2, 0.25) is 0 Å². The van der Waals surface area contributed by atoms with E-state index in [1.165, 1.54) is 13.0 Å². The van der Waals surface area contributed by atoms with E-state index in [0.29, 0.717) is 0 Å². The molecular formula is C6H12N2. The van der Waals surface area contributed by atoms with Gasteiger partial charge < -0.3 is 0 Å². The quantitative estimate of drug-likeness (QED) is 0.514. The molecule has 1 aliphatic heterocycles. The molecule has 0 aromatic rings. The van der Waals surface area contributed by atoms with Crippen molar-refractivity contribution in [3.63, 3.8) is 0 Å². The lowest BCUT2D eigenvalue weighted by molar-refractivity contribution is 0.344. The second kappa shape index (κ2) is 2.82. The molecule has 1 heterocycles. The van der Waals surface area contributed by atoms with E-state index in [0.717, 1.165) is 13.2 Å². The van der Waals surface area contributed by atoms with Gasteiger partial charge in [0.25, 0.3) is 0 Å². The monoisotopic (exact) mass is 112 g/mol. The van der Waals surface area contributed by atoms with Crippen molar-refractivity contribution in [2.24, 2.45) is 4.99 Å². The third kappa shape index (κ3) is 1.30. The van der Waals surface area contributed by atoms with Crippen molar-refractivity contribution in [1.82, 2.24) is 4.90 Å². The minimum absolute atomic E-state index is 0.924. The molecule has 2 heteroatoms. The van der Waals surface area contributed by atoms with Crippen LogP contribution >= 0.6 is 0 Å². The molecule has 0 saturated heterocycles. The summed E-state index contributed by atoms with van der Waals surface area (Å²) in [5, 5.41) is 0. The predicted octanol–water partition coefficient (Wildman–Crippen LogP) is 0.740. The van der Waals surface area contributed by atoms with E-state index in [-0.39, 0.29) is 0 Å². The maximum absolute atomic E-state index is 4.08. The molecule has 1 aliphatic rings. The Kier molecular flexibility index (Phi) is 2.03. The summed E-state index contributed by atoms with van der Waals surface area (Å²) in [4.78, 5) is 6.40. The predicted molar refractivity (Wildman–Crippen MR) is 35.2 cm³/mol. The topological polar surface area (TPSA) is 15.6 Å². The summed E-state index contributed by atoms with van der Waals surface area (Å²) in [6, 6.07) is 0. The third-order valence-electron chi connectivity index (χ3n) is 1.29. The first-order chi connectivity index (χ1) is 3.93. The first-order valence-corrected chi connectivity index (χ1v) is 3.14. The van der Waals surface area contributed by atoms with Gasteiger partial charge in [-0.2, -0.15) is 0 Å². The number of hydrogen-bond donors (Lipinski definition) is 0. The van der Waals surface area contributed by atoms with E-state index in [4.69, 9.17) is 0 Å². The standard InChI is InChI=1S/C6H12N2/c1-2-4-8-5-3-7-6-8/h3H,2,4-6H2,1H3. The normalized spacial score (nSPS) is 20.1. The zero-order valence-corrected chi connectivity index (χ0v) is 5.30. The lowest BCUT2D eigenvalue weighted by Crippen LogP contribution is -2.21. The molecule has 46 valence electrons. The van der Waals surface area contributed by atoms with Crippen molar-refractivity contribution in [3.05, 3.63) is 0 Å². The fourth-order valence-electron chi connectivity index (χ4n) is 0.882. The molecule has 0 aliphatic carbocycles. The van der Waals surface area contributed by atoms with Gasteiger partial charge >= 0.3 is 0 Å². The first kappa shape index (κ1) is 5.76. The molecule has 0 saturated carbocycles.